The number of aliphatic hydroxyl groups excluding tert-OH is 2. The molecule has 1 fully saturated rings. The van der Waals surface area contributed by atoms with Gasteiger partial charge in [-0.2, -0.15) is 0 Å². The Morgan fingerprint density at radius 3 is 2.80 bits per heavy atom. The molecular weight excluding hydrogens is 258 g/mol. The largest absolute Gasteiger partial charge is 0.497 e. The van der Waals surface area contributed by atoms with E-state index in [1.165, 1.54) is 0 Å². The summed E-state index contributed by atoms with van der Waals surface area (Å²) in [5.41, 5.74) is 0. The number of ether oxygens (including phenoxy) is 2. The molecule has 1 aromatic rings. The third-order valence-electron chi connectivity index (χ3n) is 3.51. The van der Waals surface area contributed by atoms with Gasteiger partial charge in [-0.3, -0.25) is 0 Å². The van der Waals surface area contributed by atoms with Gasteiger partial charge in [0.05, 0.1) is 13.2 Å². The normalized spacial score (nSPS) is 22.9. The fourth-order valence-corrected chi connectivity index (χ4v) is 2.26. The van der Waals surface area contributed by atoms with Crippen molar-refractivity contribution in [3.63, 3.8) is 0 Å². The number of hydrogen-bond acceptors (Lipinski definition) is 5. The van der Waals surface area contributed by atoms with Crippen molar-refractivity contribution in [1.82, 2.24) is 5.32 Å². The summed E-state index contributed by atoms with van der Waals surface area (Å²) < 4.78 is 10.6. The van der Waals surface area contributed by atoms with E-state index in [1.807, 2.05) is 18.2 Å². The predicted molar refractivity (Wildman–Crippen MR) is 76.1 cm³/mol. The van der Waals surface area contributed by atoms with Gasteiger partial charge in [-0.05, 0) is 37.4 Å². The molecular formula is C15H23NO4. The highest BCUT2D eigenvalue weighted by molar-refractivity contribution is 5.32. The van der Waals surface area contributed by atoms with Crippen LogP contribution in [0.3, 0.4) is 0 Å². The molecule has 5 heteroatoms. The molecule has 1 aromatic carbocycles. The molecule has 1 unspecified atom stereocenters. The van der Waals surface area contributed by atoms with Gasteiger partial charge in [0.25, 0.3) is 0 Å². The standard InChI is InChI=1S/C15H23NO4/c1-19-14-3-2-4-15(7-14)20-10-13(18)9-16-8-11-5-12(17)6-11/h2-4,7,11-13,16-18H,5-6,8-10H2,1H3. The van der Waals surface area contributed by atoms with E-state index in [9.17, 15) is 10.2 Å². The van der Waals surface area contributed by atoms with Gasteiger partial charge in [0.2, 0.25) is 0 Å². The van der Waals surface area contributed by atoms with E-state index in [0.29, 0.717) is 18.2 Å². The molecule has 1 saturated carbocycles. The summed E-state index contributed by atoms with van der Waals surface area (Å²) in [6, 6.07) is 7.31. The molecule has 0 radical (unpaired) electrons. The van der Waals surface area contributed by atoms with Crippen molar-refractivity contribution in [3.05, 3.63) is 24.3 Å². The van der Waals surface area contributed by atoms with Gasteiger partial charge in [0.15, 0.2) is 0 Å². The van der Waals surface area contributed by atoms with Crippen LogP contribution in [0.25, 0.3) is 0 Å². The lowest BCUT2D eigenvalue weighted by Crippen LogP contribution is -2.39. The van der Waals surface area contributed by atoms with Crippen molar-refractivity contribution in [2.75, 3.05) is 26.8 Å². The van der Waals surface area contributed by atoms with Crippen molar-refractivity contribution >= 4 is 0 Å². The van der Waals surface area contributed by atoms with Crippen LogP contribution in [0.2, 0.25) is 0 Å². The van der Waals surface area contributed by atoms with Gasteiger partial charge >= 0.3 is 0 Å². The number of benzene rings is 1. The SMILES string of the molecule is COc1cccc(OCC(O)CNCC2CC(O)C2)c1. The molecule has 3 N–H and O–H groups in total. The minimum absolute atomic E-state index is 0.122. The van der Waals surface area contributed by atoms with Crippen LogP contribution < -0.4 is 14.8 Å². The lowest BCUT2D eigenvalue weighted by atomic mass is 9.82. The van der Waals surface area contributed by atoms with Crippen LogP contribution in [0.5, 0.6) is 11.5 Å². The third kappa shape index (κ3) is 4.67. The van der Waals surface area contributed by atoms with Crippen molar-refractivity contribution in [3.8, 4) is 11.5 Å². The number of rotatable bonds is 8. The molecule has 0 aromatic heterocycles. The number of hydrogen-bond donors (Lipinski definition) is 3. The maximum absolute atomic E-state index is 9.82. The minimum atomic E-state index is -0.550. The zero-order valence-electron chi connectivity index (χ0n) is 11.8. The monoisotopic (exact) mass is 281 g/mol. The minimum Gasteiger partial charge on any atom is -0.497 e. The topological polar surface area (TPSA) is 71.0 Å². The second-order valence-corrected chi connectivity index (χ2v) is 5.29. The average molecular weight is 281 g/mol. The Hall–Kier alpha value is -1.30. The molecule has 1 aliphatic rings. The summed E-state index contributed by atoms with van der Waals surface area (Å²) in [6.45, 7) is 1.58. The maximum Gasteiger partial charge on any atom is 0.123 e. The first-order valence-electron chi connectivity index (χ1n) is 7.01. The second kappa shape index (κ2) is 7.47. The first-order chi connectivity index (χ1) is 9.67. The second-order valence-electron chi connectivity index (χ2n) is 5.29. The van der Waals surface area contributed by atoms with Crippen LogP contribution in [0.15, 0.2) is 24.3 Å². The van der Waals surface area contributed by atoms with Crippen LogP contribution in [-0.4, -0.2) is 49.2 Å². The lowest BCUT2D eigenvalue weighted by Gasteiger charge is -2.31. The molecule has 5 nitrogen and oxygen atoms in total. The molecule has 2 rings (SSSR count). The number of methoxy groups -OCH3 is 1. The molecule has 1 aliphatic carbocycles. The Morgan fingerprint density at radius 2 is 2.10 bits per heavy atom. The van der Waals surface area contributed by atoms with E-state index in [1.54, 1.807) is 13.2 Å². The summed E-state index contributed by atoms with van der Waals surface area (Å²) in [7, 11) is 1.61. The molecule has 112 valence electrons. The average Bonchev–Trinajstić information content (AvgIpc) is 2.43. The molecule has 20 heavy (non-hydrogen) atoms. The highest BCUT2D eigenvalue weighted by Crippen LogP contribution is 2.26. The first kappa shape index (κ1) is 15.1. The fraction of sp³-hybridized carbons (Fsp3) is 0.600. The third-order valence-corrected chi connectivity index (χ3v) is 3.51. The van der Waals surface area contributed by atoms with Crippen molar-refractivity contribution in [2.24, 2.45) is 5.92 Å². The highest BCUT2D eigenvalue weighted by atomic mass is 16.5. The van der Waals surface area contributed by atoms with Crippen LogP contribution >= 0.6 is 0 Å². The van der Waals surface area contributed by atoms with E-state index < -0.39 is 6.10 Å². The summed E-state index contributed by atoms with van der Waals surface area (Å²) in [5.74, 6) is 1.96. The fourth-order valence-electron chi connectivity index (χ4n) is 2.26. The summed E-state index contributed by atoms with van der Waals surface area (Å²) in [5, 5.41) is 22.2. The quantitative estimate of drug-likeness (QED) is 0.657. The van der Waals surface area contributed by atoms with E-state index in [0.717, 1.165) is 25.1 Å². The van der Waals surface area contributed by atoms with Crippen LogP contribution in [-0.2, 0) is 0 Å². The van der Waals surface area contributed by atoms with E-state index in [2.05, 4.69) is 5.32 Å². The van der Waals surface area contributed by atoms with E-state index >= 15 is 0 Å². The van der Waals surface area contributed by atoms with E-state index in [-0.39, 0.29) is 12.7 Å². The Labute approximate surface area is 119 Å². The number of nitrogens with one attached hydrogen (secondary N) is 1. The lowest BCUT2D eigenvalue weighted by molar-refractivity contribution is 0.0400. The predicted octanol–water partition coefficient (Wildman–Crippen LogP) is 0.795. The summed E-state index contributed by atoms with van der Waals surface area (Å²) >= 11 is 0. The van der Waals surface area contributed by atoms with Gasteiger partial charge in [-0.25, -0.2) is 0 Å². The smallest absolute Gasteiger partial charge is 0.123 e. The Kier molecular flexibility index (Phi) is 5.64. The molecule has 0 heterocycles. The molecule has 1 atom stereocenters. The van der Waals surface area contributed by atoms with Crippen molar-refractivity contribution in [2.45, 2.75) is 25.0 Å². The van der Waals surface area contributed by atoms with Gasteiger partial charge in [0.1, 0.15) is 24.2 Å². The Balaban J connectivity index is 1.60. The van der Waals surface area contributed by atoms with E-state index in [4.69, 9.17) is 9.47 Å². The maximum atomic E-state index is 9.82. The Morgan fingerprint density at radius 1 is 1.35 bits per heavy atom. The molecule has 0 spiro atoms. The van der Waals surface area contributed by atoms with Gasteiger partial charge in [-0.1, -0.05) is 6.07 Å². The highest BCUT2D eigenvalue weighted by Gasteiger charge is 2.26. The zero-order valence-corrected chi connectivity index (χ0v) is 11.8. The van der Waals surface area contributed by atoms with Crippen LogP contribution in [0.1, 0.15) is 12.8 Å². The molecule has 0 bridgehead atoms. The Bertz CT molecular complexity index is 407. The van der Waals surface area contributed by atoms with Crippen LogP contribution in [0, 0.1) is 5.92 Å². The molecule has 0 aliphatic heterocycles. The van der Waals surface area contributed by atoms with Gasteiger partial charge in [-0.15, -0.1) is 0 Å². The first-order valence-corrected chi connectivity index (χ1v) is 7.01. The van der Waals surface area contributed by atoms with Gasteiger partial charge < -0.3 is 25.0 Å². The van der Waals surface area contributed by atoms with Crippen LogP contribution in [0.4, 0.5) is 0 Å². The summed E-state index contributed by atoms with van der Waals surface area (Å²) in [4.78, 5) is 0. The van der Waals surface area contributed by atoms with Crippen molar-refractivity contribution < 1.29 is 19.7 Å². The summed E-state index contributed by atoms with van der Waals surface area (Å²) in [6.07, 6.45) is 1.06. The number of aliphatic hydroxyl groups is 2. The van der Waals surface area contributed by atoms with Crippen molar-refractivity contribution in [1.29, 1.82) is 0 Å². The molecule has 0 saturated heterocycles. The zero-order chi connectivity index (χ0) is 14.4. The molecule has 0 amide bonds. The van der Waals surface area contributed by atoms with Gasteiger partial charge in [0, 0.05) is 12.6 Å².